The molecule has 0 radical (unpaired) electrons. The summed E-state index contributed by atoms with van der Waals surface area (Å²) >= 11 is 0. The SMILES string of the molecule is COc1ccc([C@@H]2[C@H](C(=O)N3CC[C@H](CN)C3)CC(=O)N2C)cc1. The minimum Gasteiger partial charge on any atom is -0.497 e. The van der Waals surface area contributed by atoms with E-state index in [9.17, 15) is 9.59 Å². The summed E-state index contributed by atoms with van der Waals surface area (Å²) < 4.78 is 5.19. The first-order valence-electron chi connectivity index (χ1n) is 8.43. The second kappa shape index (κ2) is 6.81. The van der Waals surface area contributed by atoms with Gasteiger partial charge in [0.25, 0.3) is 0 Å². The van der Waals surface area contributed by atoms with Gasteiger partial charge in [-0.25, -0.2) is 0 Å². The number of nitrogens with zero attached hydrogens (tertiary/aromatic N) is 2. The third kappa shape index (κ3) is 2.98. The van der Waals surface area contributed by atoms with Crippen molar-refractivity contribution in [1.29, 1.82) is 0 Å². The Hall–Kier alpha value is -2.08. The topological polar surface area (TPSA) is 75.9 Å². The molecule has 1 aromatic rings. The number of hydrogen-bond donors (Lipinski definition) is 1. The number of rotatable bonds is 4. The van der Waals surface area contributed by atoms with Crippen molar-refractivity contribution in [2.45, 2.75) is 18.9 Å². The van der Waals surface area contributed by atoms with Crippen LogP contribution in [0.25, 0.3) is 0 Å². The molecule has 0 aliphatic carbocycles. The van der Waals surface area contributed by atoms with Gasteiger partial charge in [0, 0.05) is 26.6 Å². The number of benzene rings is 1. The van der Waals surface area contributed by atoms with Crippen LogP contribution < -0.4 is 10.5 Å². The Balaban J connectivity index is 1.82. The zero-order chi connectivity index (χ0) is 17.3. The number of ether oxygens (including phenoxy) is 1. The molecular weight excluding hydrogens is 306 g/mol. The molecule has 0 saturated carbocycles. The van der Waals surface area contributed by atoms with Crippen LogP contribution in [0, 0.1) is 11.8 Å². The molecule has 0 aromatic heterocycles. The predicted octanol–water partition coefficient (Wildman–Crippen LogP) is 1.02. The minimum atomic E-state index is -0.326. The molecule has 2 aliphatic heterocycles. The van der Waals surface area contributed by atoms with Crippen LogP contribution in [-0.2, 0) is 9.59 Å². The van der Waals surface area contributed by atoms with Gasteiger partial charge in [-0.15, -0.1) is 0 Å². The van der Waals surface area contributed by atoms with E-state index in [4.69, 9.17) is 10.5 Å². The van der Waals surface area contributed by atoms with Gasteiger partial charge >= 0.3 is 0 Å². The van der Waals surface area contributed by atoms with Crippen molar-refractivity contribution < 1.29 is 14.3 Å². The molecule has 0 unspecified atom stereocenters. The van der Waals surface area contributed by atoms with Crippen LogP contribution >= 0.6 is 0 Å². The summed E-state index contributed by atoms with van der Waals surface area (Å²) in [5.74, 6) is 0.905. The third-order valence-corrected chi connectivity index (χ3v) is 5.29. The normalized spacial score (nSPS) is 27.0. The molecule has 2 saturated heterocycles. The van der Waals surface area contributed by atoms with Crippen LogP contribution in [0.3, 0.4) is 0 Å². The molecule has 0 bridgehead atoms. The molecule has 2 N–H and O–H groups in total. The van der Waals surface area contributed by atoms with Gasteiger partial charge in [-0.1, -0.05) is 12.1 Å². The highest BCUT2D eigenvalue weighted by Gasteiger charge is 2.45. The van der Waals surface area contributed by atoms with Gasteiger partial charge in [0.15, 0.2) is 0 Å². The molecule has 2 aliphatic rings. The second-order valence-electron chi connectivity index (χ2n) is 6.71. The number of hydrogen-bond acceptors (Lipinski definition) is 4. The number of carbonyl (C=O) groups excluding carboxylic acids is 2. The van der Waals surface area contributed by atoms with Crippen molar-refractivity contribution in [3.63, 3.8) is 0 Å². The third-order valence-electron chi connectivity index (χ3n) is 5.29. The first-order valence-corrected chi connectivity index (χ1v) is 8.43. The van der Waals surface area contributed by atoms with E-state index in [0.29, 0.717) is 19.0 Å². The number of amides is 2. The van der Waals surface area contributed by atoms with Crippen LogP contribution in [0.2, 0.25) is 0 Å². The Morgan fingerprint density at radius 1 is 1.33 bits per heavy atom. The van der Waals surface area contributed by atoms with Gasteiger partial charge in [0.2, 0.25) is 11.8 Å². The highest BCUT2D eigenvalue weighted by atomic mass is 16.5. The maximum absolute atomic E-state index is 13.0. The Labute approximate surface area is 142 Å². The summed E-state index contributed by atoms with van der Waals surface area (Å²) in [6.45, 7) is 2.05. The molecule has 3 atom stereocenters. The quantitative estimate of drug-likeness (QED) is 0.894. The van der Waals surface area contributed by atoms with E-state index in [1.165, 1.54) is 0 Å². The van der Waals surface area contributed by atoms with Gasteiger partial charge in [-0.3, -0.25) is 9.59 Å². The monoisotopic (exact) mass is 331 g/mol. The average Bonchev–Trinajstić information content (AvgIpc) is 3.20. The highest BCUT2D eigenvalue weighted by molar-refractivity contribution is 5.90. The summed E-state index contributed by atoms with van der Waals surface area (Å²) in [6, 6.07) is 7.39. The maximum Gasteiger partial charge on any atom is 0.228 e. The summed E-state index contributed by atoms with van der Waals surface area (Å²) in [4.78, 5) is 28.8. The number of likely N-dealkylation sites (tertiary alicyclic amines) is 2. The van der Waals surface area contributed by atoms with Crippen LogP contribution in [0.15, 0.2) is 24.3 Å². The molecule has 6 nitrogen and oxygen atoms in total. The molecular formula is C18H25N3O3. The predicted molar refractivity (Wildman–Crippen MR) is 90.4 cm³/mol. The highest BCUT2D eigenvalue weighted by Crippen LogP contribution is 2.39. The van der Waals surface area contributed by atoms with Gasteiger partial charge < -0.3 is 20.3 Å². The van der Waals surface area contributed by atoms with Crippen molar-refractivity contribution in [3.8, 4) is 5.75 Å². The smallest absolute Gasteiger partial charge is 0.228 e. The molecule has 1 aromatic carbocycles. The van der Waals surface area contributed by atoms with E-state index in [1.807, 2.05) is 29.2 Å². The van der Waals surface area contributed by atoms with Crippen molar-refractivity contribution in [2.75, 3.05) is 33.8 Å². The molecule has 3 rings (SSSR count). The summed E-state index contributed by atoms with van der Waals surface area (Å²) in [5, 5.41) is 0. The lowest BCUT2D eigenvalue weighted by atomic mass is 9.92. The first kappa shape index (κ1) is 16.8. The van der Waals surface area contributed by atoms with E-state index in [0.717, 1.165) is 24.3 Å². The Kier molecular flexibility index (Phi) is 4.76. The lowest BCUT2D eigenvalue weighted by molar-refractivity contribution is -0.135. The summed E-state index contributed by atoms with van der Waals surface area (Å²) in [5.41, 5.74) is 6.70. The van der Waals surface area contributed by atoms with Crippen LogP contribution in [-0.4, -0.2) is 55.4 Å². The van der Waals surface area contributed by atoms with E-state index in [1.54, 1.807) is 19.1 Å². The molecule has 24 heavy (non-hydrogen) atoms. The zero-order valence-electron chi connectivity index (χ0n) is 14.3. The van der Waals surface area contributed by atoms with Gasteiger partial charge in [0.05, 0.1) is 19.1 Å². The van der Waals surface area contributed by atoms with Gasteiger partial charge in [0.1, 0.15) is 5.75 Å². The van der Waals surface area contributed by atoms with Gasteiger partial charge in [-0.2, -0.15) is 0 Å². The van der Waals surface area contributed by atoms with E-state index in [2.05, 4.69) is 0 Å². The molecule has 2 heterocycles. The van der Waals surface area contributed by atoms with Crippen molar-refractivity contribution in [1.82, 2.24) is 9.80 Å². The fourth-order valence-electron chi connectivity index (χ4n) is 3.81. The van der Waals surface area contributed by atoms with Crippen LogP contribution in [0.4, 0.5) is 0 Å². The fraction of sp³-hybridized carbons (Fsp3) is 0.556. The fourth-order valence-corrected chi connectivity index (χ4v) is 3.81. The largest absolute Gasteiger partial charge is 0.497 e. The maximum atomic E-state index is 13.0. The van der Waals surface area contributed by atoms with Crippen LogP contribution in [0.1, 0.15) is 24.4 Å². The minimum absolute atomic E-state index is 0.0174. The number of methoxy groups -OCH3 is 1. The molecule has 2 amide bonds. The second-order valence-corrected chi connectivity index (χ2v) is 6.71. The lowest BCUT2D eigenvalue weighted by Gasteiger charge is -2.28. The van der Waals surface area contributed by atoms with Crippen molar-refractivity contribution in [3.05, 3.63) is 29.8 Å². The standard InChI is InChI=1S/C18H25N3O3/c1-20-16(22)9-15(18(23)21-8-7-12(10-19)11-21)17(20)13-3-5-14(24-2)6-4-13/h3-6,12,15,17H,7-11,19H2,1-2H3/t12-,15-,17-/m1/s1. The van der Waals surface area contributed by atoms with Gasteiger partial charge in [-0.05, 0) is 36.6 Å². The van der Waals surface area contributed by atoms with E-state index < -0.39 is 0 Å². The van der Waals surface area contributed by atoms with Crippen molar-refractivity contribution >= 4 is 11.8 Å². The zero-order valence-corrected chi connectivity index (χ0v) is 14.3. The Morgan fingerprint density at radius 2 is 2.04 bits per heavy atom. The van der Waals surface area contributed by atoms with E-state index in [-0.39, 0.29) is 30.2 Å². The van der Waals surface area contributed by atoms with Crippen LogP contribution in [0.5, 0.6) is 5.75 Å². The number of nitrogens with two attached hydrogens (primary N) is 1. The number of carbonyl (C=O) groups is 2. The summed E-state index contributed by atoms with van der Waals surface area (Å²) in [7, 11) is 3.39. The lowest BCUT2D eigenvalue weighted by Crippen LogP contribution is -2.37. The molecule has 2 fully saturated rings. The molecule has 6 heteroatoms. The average molecular weight is 331 g/mol. The molecule has 0 spiro atoms. The summed E-state index contributed by atoms with van der Waals surface area (Å²) in [6.07, 6.45) is 1.22. The van der Waals surface area contributed by atoms with E-state index >= 15 is 0 Å². The van der Waals surface area contributed by atoms with Crippen molar-refractivity contribution in [2.24, 2.45) is 17.6 Å². The Bertz CT molecular complexity index is 616. The molecule has 130 valence electrons. The first-order chi connectivity index (χ1) is 11.5. The Morgan fingerprint density at radius 3 is 2.62 bits per heavy atom.